The molecule has 110 valence electrons. The molecule has 2 heterocycles. The SMILES string of the molecule is CC(=O)C1Cc2cc3c(ccn3C(=O)C(F)(F)F)cc2N1. The van der Waals surface area contributed by atoms with Crippen LogP contribution in [0.15, 0.2) is 24.4 Å². The van der Waals surface area contributed by atoms with E-state index in [2.05, 4.69) is 5.32 Å². The molecule has 4 nitrogen and oxygen atoms in total. The Balaban J connectivity index is 2.08. The van der Waals surface area contributed by atoms with Gasteiger partial charge in [0.2, 0.25) is 0 Å². The van der Waals surface area contributed by atoms with Crippen LogP contribution in [0.25, 0.3) is 10.9 Å². The van der Waals surface area contributed by atoms with Gasteiger partial charge in [0.1, 0.15) is 0 Å². The van der Waals surface area contributed by atoms with E-state index in [1.54, 1.807) is 6.07 Å². The molecule has 1 aromatic heterocycles. The van der Waals surface area contributed by atoms with Crippen LogP contribution in [-0.2, 0) is 11.2 Å². The zero-order chi connectivity index (χ0) is 15.4. The number of hydrogen-bond acceptors (Lipinski definition) is 3. The van der Waals surface area contributed by atoms with E-state index in [-0.39, 0.29) is 17.3 Å². The summed E-state index contributed by atoms with van der Waals surface area (Å²) in [5.41, 5.74) is 1.65. The summed E-state index contributed by atoms with van der Waals surface area (Å²) in [4.78, 5) is 22.8. The molecule has 0 saturated heterocycles. The second-order valence-electron chi connectivity index (χ2n) is 5.07. The molecule has 3 rings (SSSR count). The van der Waals surface area contributed by atoms with Crippen LogP contribution in [0.4, 0.5) is 18.9 Å². The van der Waals surface area contributed by atoms with Crippen LogP contribution in [0, 0.1) is 0 Å². The van der Waals surface area contributed by atoms with Gasteiger partial charge in [0.05, 0.1) is 11.6 Å². The highest BCUT2D eigenvalue weighted by molar-refractivity contribution is 5.98. The Kier molecular flexibility index (Phi) is 2.82. The fraction of sp³-hybridized carbons (Fsp3) is 0.286. The van der Waals surface area contributed by atoms with Crippen LogP contribution in [-0.4, -0.2) is 28.5 Å². The molecular weight excluding hydrogens is 285 g/mol. The van der Waals surface area contributed by atoms with E-state index in [4.69, 9.17) is 0 Å². The quantitative estimate of drug-likeness (QED) is 0.880. The van der Waals surface area contributed by atoms with E-state index in [9.17, 15) is 22.8 Å². The van der Waals surface area contributed by atoms with Crippen LogP contribution in [0.2, 0.25) is 0 Å². The number of carbonyl (C=O) groups is 2. The lowest BCUT2D eigenvalue weighted by molar-refractivity contribution is -0.117. The van der Waals surface area contributed by atoms with Gasteiger partial charge in [-0.15, -0.1) is 0 Å². The van der Waals surface area contributed by atoms with Gasteiger partial charge in [0.15, 0.2) is 5.78 Å². The smallest absolute Gasteiger partial charge is 0.375 e. The molecule has 0 fully saturated rings. The average Bonchev–Trinajstić information content (AvgIpc) is 2.96. The zero-order valence-corrected chi connectivity index (χ0v) is 11.0. The molecule has 0 saturated carbocycles. The highest BCUT2D eigenvalue weighted by atomic mass is 19.4. The van der Waals surface area contributed by atoms with Crippen molar-refractivity contribution in [2.45, 2.75) is 25.6 Å². The fourth-order valence-electron chi connectivity index (χ4n) is 2.55. The Bertz CT molecular complexity index is 761. The summed E-state index contributed by atoms with van der Waals surface area (Å²) in [7, 11) is 0. The van der Waals surface area contributed by atoms with Crippen molar-refractivity contribution >= 4 is 28.3 Å². The molecule has 0 spiro atoms. The lowest BCUT2D eigenvalue weighted by Crippen LogP contribution is -2.28. The molecule has 1 N–H and O–H groups in total. The van der Waals surface area contributed by atoms with Crippen molar-refractivity contribution in [1.82, 2.24) is 4.57 Å². The predicted octanol–water partition coefficient (Wildman–Crippen LogP) is 2.77. The first-order valence-electron chi connectivity index (χ1n) is 6.30. The number of halogens is 3. The van der Waals surface area contributed by atoms with E-state index < -0.39 is 12.1 Å². The van der Waals surface area contributed by atoms with Crippen LogP contribution < -0.4 is 5.32 Å². The third kappa shape index (κ3) is 2.18. The molecule has 2 aromatic rings. The van der Waals surface area contributed by atoms with E-state index in [1.807, 2.05) is 0 Å². The van der Waals surface area contributed by atoms with Crippen LogP contribution in [0.1, 0.15) is 17.3 Å². The highest BCUT2D eigenvalue weighted by Crippen LogP contribution is 2.32. The van der Waals surface area contributed by atoms with Gasteiger partial charge in [-0.1, -0.05) is 0 Å². The molecule has 0 bridgehead atoms. The first-order valence-corrected chi connectivity index (χ1v) is 6.30. The first kappa shape index (κ1) is 13.7. The number of Topliss-reactive ketones (excluding diaryl/α,β-unsaturated/α-hetero) is 1. The number of alkyl halides is 3. The summed E-state index contributed by atoms with van der Waals surface area (Å²) in [6.07, 6.45) is -3.41. The molecule has 1 aliphatic rings. The zero-order valence-electron chi connectivity index (χ0n) is 11.0. The molecule has 0 radical (unpaired) electrons. The summed E-state index contributed by atoms with van der Waals surface area (Å²) in [5.74, 6) is -1.96. The summed E-state index contributed by atoms with van der Waals surface area (Å²) >= 11 is 0. The average molecular weight is 296 g/mol. The largest absolute Gasteiger partial charge is 0.472 e. The highest BCUT2D eigenvalue weighted by Gasteiger charge is 2.40. The lowest BCUT2D eigenvalue weighted by atomic mass is 10.1. The van der Waals surface area contributed by atoms with Crippen molar-refractivity contribution in [2.75, 3.05) is 5.32 Å². The maximum Gasteiger partial charge on any atom is 0.472 e. The number of ketones is 1. The van der Waals surface area contributed by atoms with Crippen molar-refractivity contribution in [3.63, 3.8) is 0 Å². The van der Waals surface area contributed by atoms with Gasteiger partial charge < -0.3 is 5.32 Å². The molecule has 1 atom stereocenters. The van der Waals surface area contributed by atoms with Crippen LogP contribution in [0.3, 0.4) is 0 Å². The second kappa shape index (κ2) is 4.34. The monoisotopic (exact) mass is 296 g/mol. The van der Waals surface area contributed by atoms with Crippen molar-refractivity contribution in [2.24, 2.45) is 0 Å². The molecule has 1 unspecified atom stereocenters. The van der Waals surface area contributed by atoms with Crippen LogP contribution in [0.5, 0.6) is 0 Å². The van der Waals surface area contributed by atoms with Gasteiger partial charge in [-0.2, -0.15) is 13.2 Å². The third-order valence-corrected chi connectivity index (χ3v) is 3.62. The molecule has 1 aliphatic heterocycles. The standard InChI is InChI=1S/C14H11F3N2O2/c1-7(20)10-5-9-6-12-8(4-11(9)18-10)2-3-19(12)13(21)14(15,16)17/h2-4,6,10,18H,5H2,1H3. The minimum absolute atomic E-state index is 0.0369. The molecule has 21 heavy (non-hydrogen) atoms. The minimum Gasteiger partial charge on any atom is -0.375 e. The normalized spacial score (nSPS) is 17.6. The van der Waals surface area contributed by atoms with Gasteiger partial charge in [0.25, 0.3) is 0 Å². The second-order valence-corrected chi connectivity index (χ2v) is 5.07. The minimum atomic E-state index is -4.93. The van der Waals surface area contributed by atoms with Crippen molar-refractivity contribution in [3.05, 3.63) is 30.0 Å². The number of anilines is 1. The Hall–Kier alpha value is -2.31. The Labute approximate surface area is 117 Å². The number of fused-ring (bicyclic) bond motifs is 2. The summed E-state index contributed by atoms with van der Waals surface area (Å²) in [5, 5.41) is 3.55. The van der Waals surface area contributed by atoms with Crippen molar-refractivity contribution < 1.29 is 22.8 Å². The van der Waals surface area contributed by atoms with Crippen LogP contribution >= 0.6 is 0 Å². The maximum absolute atomic E-state index is 12.6. The number of rotatable bonds is 1. The number of benzene rings is 1. The first-order chi connectivity index (χ1) is 9.77. The van der Waals surface area contributed by atoms with Gasteiger partial charge in [0, 0.05) is 23.7 Å². The van der Waals surface area contributed by atoms with Gasteiger partial charge in [-0.3, -0.25) is 14.2 Å². The van der Waals surface area contributed by atoms with E-state index in [0.717, 1.165) is 17.4 Å². The lowest BCUT2D eigenvalue weighted by Gasteiger charge is -2.08. The summed E-state index contributed by atoms with van der Waals surface area (Å²) in [6, 6.07) is 4.28. The van der Waals surface area contributed by atoms with Crippen molar-refractivity contribution in [3.8, 4) is 0 Å². The Morgan fingerprint density at radius 1 is 1.33 bits per heavy atom. The fourth-order valence-corrected chi connectivity index (χ4v) is 2.55. The molecule has 0 aliphatic carbocycles. The molecule has 7 heteroatoms. The molecule has 0 amide bonds. The van der Waals surface area contributed by atoms with E-state index in [1.165, 1.54) is 19.1 Å². The number of carbonyl (C=O) groups excluding carboxylic acids is 2. The number of nitrogens with zero attached hydrogens (tertiary/aromatic N) is 1. The Morgan fingerprint density at radius 3 is 2.67 bits per heavy atom. The predicted molar refractivity (Wildman–Crippen MR) is 70.4 cm³/mol. The van der Waals surface area contributed by atoms with Crippen molar-refractivity contribution in [1.29, 1.82) is 0 Å². The van der Waals surface area contributed by atoms with Gasteiger partial charge in [-0.05, 0) is 30.7 Å². The summed E-state index contributed by atoms with van der Waals surface area (Å²) in [6.45, 7) is 1.45. The number of aromatic nitrogens is 1. The van der Waals surface area contributed by atoms with E-state index >= 15 is 0 Å². The number of nitrogens with one attached hydrogen (secondary N) is 1. The van der Waals surface area contributed by atoms with E-state index in [0.29, 0.717) is 16.4 Å². The Morgan fingerprint density at radius 2 is 2.05 bits per heavy atom. The maximum atomic E-state index is 12.6. The molecular formula is C14H11F3N2O2. The topological polar surface area (TPSA) is 51.1 Å². The summed E-state index contributed by atoms with van der Waals surface area (Å²) < 4.78 is 38.3. The van der Waals surface area contributed by atoms with Gasteiger partial charge in [-0.25, -0.2) is 0 Å². The van der Waals surface area contributed by atoms with Gasteiger partial charge >= 0.3 is 12.1 Å². The third-order valence-electron chi connectivity index (χ3n) is 3.62. The number of hydrogen-bond donors (Lipinski definition) is 1. The molecule has 1 aromatic carbocycles.